The van der Waals surface area contributed by atoms with Gasteiger partial charge >= 0.3 is 6.18 Å². The quantitative estimate of drug-likeness (QED) is 0.275. The Morgan fingerprint density at radius 3 is 2.52 bits per heavy atom. The van der Waals surface area contributed by atoms with Crippen LogP contribution in [0.5, 0.6) is 5.75 Å². The highest BCUT2D eigenvalue weighted by Gasteiger charge is 2.33. The Bertz CT molecular complexity index is 1090. The number of phenols is 1. The molecule has 0 aromatic heterocycles. The summed E-state index contributed by atoms with van der Waals surface area (Å²) in [5.74, 6) is -0.670. The second-order valence-corrected chi connectivity index (χ2v) is 8.97. The fourth-order valence-electron chi connectivity index (χ4n) is 3.23. The van der Waals surface area contributed by atoms with E-state index in [0.29, 0.717) is 40.6 Å². The number of unbranched alkanes of at least 4 members (excludes halogenated alkanes) is 2. The van der Waals surface area contributed by atoms with Gasteiger partial charge in [0.15, 0.2) is 0 Å². The maximum atomic E-state index is 13.0. The maximum absolute atomic E-state index is 13.0. The molecule has 33 heavy (non-hydrogen) atoms. The van der Waals surface area contributed by atoms with Gasteiger partial charge in [0.2, 0.25) is 5.91 Å². The third-order valence-corrected chi connectivity index (χ3v) is 6.27. The molecule has 0 bridgehead atoms. The Balaban J connectivity index is 1.45. The SMILES string of the molecule is O=C(CCCCCN1C(=O)/C(=C/c2ccccc2O)SC1=S)Nc1ccccc1C(F)(F)F. The van der Waals surface area contributed by atoms with Crippen molar-refractivity contribution in [1.82, 2.24) is 4.90 Å². The van der Waals surface area contributed by atoms with Crippen LogP contribution in [0.3, 0.4) is 0 Å². The van der Waals surface area contributed by atoms with Gasteiger partial charge in [0.05, 0.1) is 16.2 Å². The Morgan fingerprint density at radius 1 is 1.09 bits per heavy atom. The average Bonchev–Trinajstić information content (AvgIpc) is 3.02. The lowest BCUT2D eigenvalue weighted by atomic mass is 10.1. The number of para-hydroxylation sites is 2. The number of thiocarbonyl (C=S) groups is 1. The minimum absolute atomic E-state index is 0.0672. The van der Waals surface area contributed by atoms with Crippen molar-refractivity contribution in [2.45, 2.75) is 31.9 Å². The number of phenolic OH excluding ortho intramolecular Hbond substituents is 1. The van der Waals surface area contributed by atoms with Crippen LogP contribution in [0.2, 0.25) is 0 Å². The second-order valence-electron chi connectivity index (χ2n) is 7.29. The summed E-state index contributed by atoms with van der Waals surface area (Å²) in [5, 5.41) is 12.2. The zero-order chi connectivity index (χ0) is 24.0. The lowest BCUT2D eigenvalue weighted by molar-refractivity contribution is -0.137. The number of rotatable bonds is 8. The summed E-state index contributed by atoms with van der Waals surface area (Å²) in [6.07, 6.45) is -1.24. The first kappa shape index (κ1) is 24.8. The van der Waals surface area contributed by atoms with E-state index in [-0.39, 0.29) is 23.8 Å². The Hall–Kier alpha value is -2.85. The number of hydrogen-bond acceptors (Lipinski definition) is 5. The van der Waals surface area contributed by atoms with Crippen LogP contribution in [0, 0.1) is 0 Å². The number of alkyl halides is 3. The first-order valence-electron chi connectivity index (χ1n) is 10.2. The van der Waals surface area contributed by atoms with Gasteiger partial charge in [-0.2, -0.15) is 13.2 Å². The summed E-state index contributed by atoms with van der Waals surface area (Å²) < 4.78 is 39.5. The number of benzene rings is 2. The number of hydrogen-bond donors (Lipinski definition) is 2. The van der Waals surface area contributed by atoms with E-state index in [2.05, 4.69) is 5.32 Å². The van der Waals surface area contributed by atoms with Gasteiger partial charge in [0.1, 0.15) is 10.1 Å². The Labute approximate surface area is 198 Å². The molecular formula is C23H21F3N2O3S2. The van der Waals surface area contributed by atoms with E-state index >= 15 is 0 Å². The number of nitrogens with zero attached hydrogens (tertiary/aromatic N) is 1. The largest absolute Gasteiger partial charge is 0.507 e. The average molecular weight is 495 g/mol. The van der Waals surface area contributed by atoms with Crippen molar-refractivity contribution in [3.05, 3.63) is 64.6 Å². The molecule has 1 fully saturated rings. The maximum Gasteiger partial charge on any atom is 0.418 e. The molecule has 1 heterocycles. The van der Waals surface area contributed by atoms with Gasteiger partial charge in [-0.25, -0.2) is 0 Å². The minimum Gasteiger partial charge on any atom is -0.507 e. The first-order chi connectivity index (χ1) is 15.7. The van der Waals surface area contributed by atoms with Crippen molar-refractivity contribution in [2.75, 3.05) is 11.9 Å². The first-order valence-corrected chi connectivity index (χ1v) is 11.4. The topological polar surface area (TPSA) is 69.6 Å². The van der Waals surface area contributed by atoms with Gasteiger partial charge < -0.3 is 10.4 Å². The van der Waals surface area contributed by atoms with Crippen LogP contribution in [0.4, 0.5) is 18.9 Å². The summed E-state index contributed by atoms with van der Waals surface area (Å²) in [6.45, 7) is 0.376. The third-order valence-electron chi connectivity index (χ3n) is 4.89. The smallest absolute Gasteiger partial charge is 0.418 e. The summed E-state index contributed by atoms with van der Waals surface area (Å²) in [6, 6.07) is 11.5. The fraction of sp³-hybridized carbons (Fsp3) is 0.261. The van der Waals surface area contributed by atoms with Crippen LogP contribution in [0.25, 0.3) is 6.08 Å². The number of halogens is 3. The molecule has 10 heteroatoms. The van der Waals surface area contributed by atoms with Gasteiger partial charge in [-0.1, -0.05) is 60.7 Å². The standard InChI is InChI=1S/C23H21F3N2O3S2/c24-23(25,26)16-9-4-5-10-17(16)27-20(30)12-2-1-7-13-28-21(31)19(33-22(28)32)14-15-8-3-6-11-18(15)29/h3-6,8-11,14,29H,1-2,7,12-13H2,(H,27,30)/b19-14-. The third kappa shape index (κ3) is 6.58. The molecule has 2 aromatic rings. The predicted molar refractivity (Wildman–Crippen MR) is 127 cm³/mol. The lowest BCUT2D eigenvalue weighted by Crippen LogP contribution is -2.29. The molecule has 0 radical (unpaired) electrons. The van der Waals surface area contributed by atoms with Crippen molar-refractivity contribution < 1.29 is 27.9 Å². The monoisotopic (exact) mass is 494 g/mol. The summed E-state index contributed by atoms with van der Waals surface area (Å²) in [4.78, 5) is 26.6. The molecule has 0 spiro atoms. The molecule has 0 atom stereocenters. The Morgan fingerprint density at radius 2 is 1.79 bits per heavy atom. The van der Waals surface area contributed by atoms with Crippen molar-refractivity contribution >= 4 is 51.9 Å². The normalized spacial score (nSPS) is 15.4. The van der Waals surface area contributed by atoms with Gasteiger partial charge in [0.25, 0.3) is 5.91 Å². The molecule has 3 rings (SSSR count). The summed E-state index contributed by atoms with van der Waals surface area (Å²) in [5.41, 5.74) is -0.621. The van der Waals surface area contributed by atoms with E-state index in [1.54, 1.807) is 24.3 Å². The van der Waals surface area contributed by atoms with E-state index < -0.39 is 17.6 Å². The van der Waals surface area contributed by atoms with Crippen molar-refractivity contribution in [2.24, 2.45) is 0 Å². The van der Waals surface area contributed by atoms with E-state index in [9.17, 15) is 27.9 Å². The number of anilines is 1. The number of amides is 2. The summed E-state index contributed by atoms with van der Waals surface area (Å²) in [7, 11) is 0. The van der Waals surface area contributed by atoms with E-state index in [4.69, 9.17) is 12.2 Å². The molecule has 1 saturated heterocycles. The molecule has 2 amide bonds. The molecule has 2 N–H and O–H groups in total. The van der Waals surface area contributed by atoms with Crippen LogP contribution in [-0.2, 0) is 15.8 Å². The number of carbonyl (C=O) groups excluding carboxylic acids is 2. The number of nitrogens with one attached hydrogen (secondary N) is 1. The van der Waals surface area contributed by atoms with E-state index in [1.165, 1.54) is 29.2 Å². The number of aromatic hydroxyl groups is 1. The van der Waals surface area contributed by atoms with Crippen LogP contribution in [0.1, 0.15) is 36.8 Å². The summed E-state index contributed by atoms with van der Waals surface area (Å²) >= 11 is 6.45. The zero-order valence-electron chi connectivity index (χ0n) is 17.4. The highest BCUT2D eigenvalue weighted by molar-refractivity contribution is 8.26. The van der Waals surface area contributed by atoms with Gasteiger partial charge in [-0.15, -0.1) is 0 Å². The minimum atomic E-state index is -4.55. The molecule has 0 saturated carbocycles. The van der Waals surface area contributed by atoms with Gasteiger partial charge in [-0.05, 0) is 37.1 Å². The number of thioether (sulfide) groups is 1. The highest BCUT2D eigenvalue weighted by Crippen LogP contribution is 2.35. The Kier molecular flexibility index (Phi) is 8.15. The van der Waals surface area contributed by atoms with Crippen molar-refractivity contribution in [3.8, 4) is 5.75 Å². The predicted octanol–water partition coefficient (Wildman–Crippen LogP) is 5.81. The van der Waals surface area contributed by atoms with Crippen molar-refractivity contribution in [3.63, 3.8) is 0 Å². The lowest BCUT2D eigenvalue weighted by Gasteiger charge is -2.14. The van der Waals surface area contributed by atoms with Crippen LogP contribution < -0.4 is 5.32 Å². The molecule has 5 nitrogen and oxygen atoms in total. The molecule has 1 aliphatic rings. The molecular weight excluding hydrogens is 473 g/mol. The molecule has 2 aromatic carbocycles. The van der Waals surface area contributed by atoms with E-state index in [0.717, 1.165) is 17.8 Å². The molecule has 0 unspecified atom stereocenters. The second kappa shape index (κ2) is 10.8. The molecule has 174 valence electrons. The highest BCUT2D eigenvalue weighted by atomic mass is 32.2. The van der Waals surface area contributed by atoms with Crippen LogP contribution >= 0.6 is 24.0 Å². The van der Waals surface area contributed by atoms with Crippen molar-refractivity contribution in [1.29, 1.82) is 0 Å². The molecule has 1 aliphatic heterocycles. The van der Waals surface area contributed by atoms with E-state index in [1.807, 2.05) is 0 Å². The molecule has 0 aliphatic carbocycles. The fourth-order valence-corrected chi connectivity index (χ4v) is 4.53. The van der Waals surface area contributed by atoms with Gasteiger partial charge in [-0.3, -0.25) is 14.5 Å². The zero-order valence-corrected chi connectivity index (χ0v) is 19.0. The van der Waals surface area contributed by atoms with Gasteiger partial charge in [0, 0.05) is 18.5 Å². The number of carbonyl (C=O) groups is 2. The van der Waals surface area contributed by atoms with Crippen LogP contribution in [0.15, 0.2) is 53.4 Å². The van der Waals surface area contributed by atoms with Crippen LogP contribution in [-0.4, -0.2) is 32.7 Å².